The van der Waals surface area contributed by atoms with Gasteiger partial charge in [0, 0.05) is 19.3 Å². The lowest BCUT2D eigenvalue weighted by Crippen LogP contribution is -2.30. The van der Waals surface area contributed by atoms with Gasteiger partial charge in [0.05, 0.1) is 0 Å². The molecule has 0 amide bonds. The summed E-state index contributed by atoms with van der Waals surface area (Å²) >= 11 is 0. The summed E-state index contributed by atoms with van der Waals surface area (Å²) in [5, 5.41) is 0. The molecule has 358 valence electrons. The highest BCUT2D eigenvalue weighted by molar-refractivity contribution is 5.71. The third-order valence-electron chi connectivity index (χ3n) is 10.5. The van der Waals surface area contributed by atoms with E-state index in [1.807, 2.05) is 0 Å². The molecule has 63 heavy (non-hydrogen) atoms. The average molecular weight is 875 g/mol. The number of unbranched alkanes of at least 4 members (excludes halogenated alkanes) is 18. The van der Waals surface area contributed by atoms with E-state index in [2.05, 4.69) is 118 Å². The monoisotopic (exact) mass is 875 g/mol. The van der Waals surface area contributed by atoms with E-state index in [9.17, 15) is 14.4 Å². The van der Waals surface area contributed by atoms with Crippen molar-refractivity contribution in [2.45, 2.75) is 232 Å². The van der Waals surface area contributed by atoms with Crippen LogP contribution in [0, 0.1) is 0 Å². The molecule has 6 nitrogen and oxygen atoms in total. The van der Waals surface area contributed by atoms with Crippen molar-refractivity contribution in [3.8, 4) is 0 Å². The second kappa shape index (κ2) is 51.0. The minimum atomic E-state index is -0.808. The lowest BCUT2D eigenvalue weighted by Gasteiger charge is -2.18. The lowest BCUT2D eigenvalue weighted by atomic mass is 10.1. The van der Waals surface area contributed by atoms with Crippen molar-refractivity contribution < 1.29 is 28.6 Å². The number of carbonyl (C=O) groups excluding carboxylic acids is 3. The van der Waals surface area contributed by atoms with Gasteiger partial charge in [-0.3, -0.25) is 14.4 Å². The maximum Gasteiger partial charge on any atom is 0.306 e. The number of rotatable bonds is 45. The topological polar surface area (TPSA) is 78.9 Å². The normalized spacial score (nSPS) is 12.9. The Balaban J connectivity index is 4.52. The maximum absolute atomic E-state index is 12.8. The fourth-order valence-corrected chi connectivity index (χ4v) is 6.67. The van der Waals surface area contributed by atoms with Crippen LogP contribution in [-0.4, -0.2) is 37.2 Å². The summed E-state index contributed by atoms with van der Waals surface area (Å²) < 4.78 is 16.7. The Kier molecular flexibility index (Phi) is 48.0. The quantitative estimate of drug-likeness (QED) is 0.0262. The Morgan fingerprint density at radius 2 is 0.619 bits per heavy atom. The second-order valence-electron chi connectivity index (χ2n) is 16.7. The van der Waals surface area contributed by atoms with E-state index >= 15 is 0 Å². The van der Waals surface area contributed by atoms with Gasteiger partial charge in [0.15, 0.2) is 6.10 Å². The van der Waals surface area contributed by atoms with E-state index in [0.717, 1.165) is 135 Å². The highest BCUT2D eigenvalue weighted by Gasteiger charge is 2.19. The van der Waals surface area contributed by atoms with Crippen LogP contribution in [0.4, 0.5) is 0 Å². The Morgan fingerprint density at radius 3 is 1.00 bits per heavy atom. The van der Waals surface area contributed by atoms with Crippen molar-refractivity contribution in [2.24, 2.45) is 0 Å². The summed E-state index contributed by atoms with van der Waals surface area (Å²) in [7, 11) is 0. The molecule has 0 saturated carbocycles. The molecule has 6 heteroatoms. The molecule has 0 radical (unpaired) electrons. The van der Waals surface area contributed by atoms with E-state index in [0.29, 0.717) is 19.3 Å². The number of ether oxygens (including phenoxy) is 3. The molecule has 1 atom stereocenters. The minimum absolute atomic E-state index is 0.106. The van der Waals surface area contributed by atoms with E-state index in [1.165, 1.54) is 51.4 Å². The van der Waals surface area contributed by atoms with Gasteiger partial charge in [-0.1, -0.05) is 182 Å². The summed E-state index contributed by atoms with van der Waals surface area (Å²) in [4.78, 5) is 38.0. The Labute approximate surface area is 387 Å². The number of allylic oxidation sites excluding steroid dienone is 16. The van der Waals surface area contributed by atoms with Gasteiger partial charge in [0.25, 0.3) is 0 Å². The average Bonchev–Trinajstić information content (AvgIpc) is 3.28. The molecular weight excluding hydrogens is 781 g/mol. The molecule has 0 unspecified atom stereocenters. The Hall–Kier alpha value is -3.67. The Morgan fingerprint density at radius 1 is 0.333 bits per heavy atom. The smallest absolute Gasteiger partial charge is 0.306 e. The van der Waals surface area contributed by atoms with Crippen molar-refractivity contribution in [3.63, 3.8) is 0 Å². The van der Waals surface area contributed by atoms with Crippen LogP contribution in [0.15, 0.2) is 97.2 Å². The van der Waals surface area contributed by atoms with Crippen LogP contribution in [0.3, 0.4) is 0 Å². The fraction of sp³-hybridized carbons (Fsp3) is 0.667. The van der Waals surface area contributed by atoms with Crippen molar-refractivity contribution >= 4 is 17.9 Å². The zero-order valence-electron chi connectivity index (χ0n) is 40.8. The molecule has 0 aliphatic heterocycles. The molecule has 0 aliphatic carbocycles. The van der Waals surface area contributed by atoms with Crippen molar-refractivity contribution in [2.75, 3.05) is 13.2 Å². The van der Waals surface area contributed by atoms with Gasteiger partial charge in [-0.25, -0.2) is 0 Å². The maximum atomic E-state index is 12.8. The minimum Gasteiger partial charge on any atom is -0.462 e. The van der Waals surface area contributed by atoms with Gasteiger partial charge < -0.3 is 14.2 Å². The zero-order chi connectivity index (χ0) is 45.8. The third-order valence-corrected chi connectivity index (χ3v) is 10.5. The molecule has 0 aliphatic rings. The van der Waals surface area contributed by atoms with Crippen molar-refractivity contribution in [1.29, 1.82) is 0 Å². The first kappa shape index (κ1) is 59.3. The molecule has 0 rings (SSSR count). The highest BCUT2D eigenvalue weighted by Crippen LogP contribution is 2.12. The van der Waals surface area contributed by atoms with Crippen molar-refractivity contribution in [3.05, 3.63) is 97.2 Å². The number of carbonyl (C=O) groups is 3. The standard InChI is InChI=1S/C57H94O6/c1-4-7-10-13-16-19-22-25-28-31-34-37-40-43-46-49-55(58)61-52-54(63-57(60)51-48-45-42-39-36-33-30-27-24-21-18-15-12-9-6-3)53-62-56(59)50-47-44-41-38-35-32-29-26-23-20-17-14-11-8-5-2/h7,10,16-21,25-30,35,38,54H,4-6,8-9,11-15,22-24,31-34,36-37,39-53H2,1-3H3/b10-7-,19-16-,20-17-,21-18-,28-25-,29-26-,30-27-,38-35-/t54-/m1/s1. The highest BCUT2D eigenvalue weighted by atomic mass is 16.6. The van der Waals surface area contributed by atoms with E-state index in [1.54, 1.807) is 0 Å². The number of hydrogen-bond acceptors (Lipinski definition) is 6. The molecule has 0 aromatic rings. The van der Waals surface area contributed by atoms with Crippen LogP contribution in [0.2, 0.25) is 0 Å². The summed E-state index contributed by atoms with van der Waals surface area (Å²) in [5.74, 6) is -0.978. The predicted molar refractivity (Wildman–Crippen MR) is 270 cm³/mol. The van der Waals surface area contributed by atoms with E-state index < -0.39 is 6.10 Å². The van der Waals surface area contributed by atoms with Crippen molar-refractivity contribution in [1.82, 2.24) is 0 Å². The molecule has 0 spiro atoms. The summed E-state index contributed by atoms with van der Waals surface area (Å²) in [5.41, 5.74) is 0. The lowest BCUT2D eigenvalue weighted by molar-refractivity contribution is -0.167. The molecule has 0 bridgehead atoms. The first-order chi connectivity index (χ1) is 31.0. The number of hydrogen-bond donors (Lipinski definition) is 0. The summed E-state index contributed by atoms with van der Waals surface area (Å²) in [6.07, 6.45) is 66.7. The largest absolute Gasteiger partial charge is 0.462 e. The van der Waals surface area contributed by atoms with Crippen LogP contribution < -0.4 is 0 Å². The van der Waals surface area contributed by atoms with Gasteiger partial charge in [0.1, 0.15) is 13.2 Å². The Bertz CT molecular complexity index is 1280. The van der Waals surface area contributed by atoms with Gasteiger partial charge in [-0.05, 0) is 122 Å². The van der Waals surface area contributed by atoms with E-state index in [-0.39, 0.29) is 31.1 Å². The van der Waals surface area contributed by atoms with Crippen LogP contribution in [0.5, 0.6) is 0 Å². The van der Waals surface area contributed by atoms with Crippen LogP contribution >= 0.6 is 0 Å². The SMILES string of the molecule is CC/C=C\C/C=C\C/C=C\CCCCCCCC(=O)OC[C@H](COC(=O)CCCC/C=C\C/C=C\C/C=C\CCCCC)OC(=O)CCCCCCC/C=C\C/C=C\CCCCC. The third kappa shape index (κ3) is 49.2. The van der Waals surface area contributed by atoms with Gasteiger partial charge >= 0.3 is 17.9 Å². The first-order valence-corrected chi connectivity index (χ1v) is 25.7. The molecule has 0 saturated heterocycles. The van der Waals surface area contributed by atoms with E-state index in [4.69, 9.17) is 14.2 Å². The summed E-state index contributed by atoms with van der Waals surface area (Å²) in [6.45, 7) is 6.40. The molecule has 0 heterocycles. The summed E-state index contributed by atoms with van der Waals surface area (Å²) in [6, 6.07) is 0. The molecular formula is C57H94O6. The predicted octanol–water partition coefficient (Wildman–Crippen LogP) is 17.0. The fourth-order valence-electron chi connectivity index (χ4n) is 6.67. The molecule has 0 aromatic heterocycles. The molecule has 0 aromatic carbocycles. The molecule has 0 N–H and O–H groups in total. The number of esters is 3. The van der Waals surface area contributed by atoms with Crippen LogP contribution in [0.1, 0.15) is 226 Å². The second-order valence-corrected chi connectivity index (χ2v) is 16.7. The van der Waals surface area contributed by atoms with Gasteiger partial charge in [-0.2, -0.15) is 0 Å². The first-order valence-electron chi connectivity index (χ1n) is 25.7. The van der Waals surface area contributed by atoms with Gasteiger partial charge in [0.2, 0.25) is 0 Å². The van der Waals surface area contributed by atoms with Gasteiger partial charge in [-0.15, -0.1) is 0 Å². The molecule has 0 fully saturated rings. The van der Waals surface area contributed by atoms with Crippen LogP contribution in [0.25, 0.3) is 0 Å². The zero-order valence-corrected chi connectivity index (χ0v) is 40.8. The van der Waals surface area contributed by atoms with Crippen LogP contribution in [-0.2, 0) is 28.6 Å².